The van der Waals surface area contributed by atoms with E-state index in [0.717, 1.165) is 64.2 Å². The first-order chi connectivity index (χ1) is 13.8. The highest BCUT2D eigenvalue weighted by molar-refractivity contribution is 5.72. The molecule has 2 saturated heterocycles. The van der Waals surface area contributed by atoms with E-state index in [9.17, 15) is 15.0 Å². The summed E-state index contributed by atoms with van der Waals surface area (Å²) in [6.07, 6.45) is 8.51. The highest BCUT2D eigenvalue weighted by Gasteiger charge is 2.35. The smallest absolute Gasteiger partial charge is 0.308 e. The summed E-state index contributed by atoms with van der Waals surface area (Å²) in [5.41, 5.74) is 0. The SMILES string of the molecule is CCC[C@@H]1CCC[C@@H](C)C(O)C(O)C[C@H]2C[C@H](C)[C@H](CCCC[C@H](C)C(=O)O1)O2. The minimum absolute atomic E-state index is 0.00964. The first kappa shape index (κ1) is 24.6. The van der Waals surface area contributed by atoms with E-state index < -0.39 is 12.2 Å². The Bertz CT molecular complexity index is 482. The van der Waals surface area contributed by atoms with Gasteiger partial charge in [0.15, 0.2) is 0 Å². The summed E-state index contributed by atoms with van der Waals surface area (Å²) < 4.78 is 12.0. The molecule has 0 aromatic carbocycles. The molecule has 2 aliphatic heterocycles. The van der Waals surface area contributed by atoms with Gasteiger partial charge < -0.3 is 19.7 Å². The van der Waals surface area contributed by atoms with Crippen molar-refractivity contribution in [2.45, 2.75) is 129 Å². The van der Waals surface area contributed by atoms with Crippen LogP contribution in [0.15, 0.2) is 0 Å². The molecule has 2 N–H and O–H groups in total. The van der Waals surface area contributed by atoms with Crippen LogP contribution in [0, 0.1) is 17.8 Å². The van der Waals surface area contributed by atoms with E-state index >= 15 is 0 Å². The lowest BCUT2D eigenvalue weighted by Crippen LogP contribution is -2.35. The molecule has 0 radical (unpaired) electrons. The maximum atomic E-state index is 12.5. The first-order valence-electron chi connectivity index (χ1n) is 12.0. The van der Waals surface area contributed by atoms with Crippen molar-refractivity contribution in [2.24, 2.45) is 17.8 Å². The molecule has 0 spiro atoms. The number of aliphatic hydroxyl groups excluding tert-OH is 2. The van der Waals surface area contributed by atoms with E-state index in [-0.39, 0.29) is 36.1 Å². The molecular formula is C24H44O5. The maximum Gasteiger partial charge on any atom is 0.308 e. The van der Waals surface area contributed by atoms with Crippen LogP contribution in [0.5, 0.6) is 0 Å². The molecule has 0 aliphatic carbocycles. The Kier molecular flexibility index (Phi) is 10.4. The Morgan fingerprint density at radius 3 is 2.38 bits per heavy atom. The number of rotatable bonds is 2. The summed E-state index contributed by atoms with van der Waals surface area (Å²) in [6.45, 7) is 8.31. The fraction of sp³-hybridized carbons (Fsp3) is 0.958. The normalized spacial score (nSPS) is 41.4. The number of carbonyl (C=O) groups is 1. The molecule has 29 heavy (non-hydrogen) atoms. The number of ether oxygens (including phenoxy) is 2. The Hall–Kier alpha value is -0.650. The number of cyclic esters (lactones) is 1. The first-order valence-corrected chi connectivity index (χ1v) is 12.0. The molecule has 2 bridgehead atoms. The molecule has 0 amide bonds. The van der Waals surface area contributed by atoms with Gasteiger partial charge in [0.05, 0.1) is 30.3 Å². The lowest BCUT2D eigenvalue weighted by molar-refractivity contribution is -0.154. The Labute approximate surface area is 177 Å². The Morgan fingerprint density at radius 1 is 0.931 bits per heavy atom. The molecule has 2 rings (SSSR count). The monoisotopic (exact) mass is 412 g/mol. The summed E-state index contributed by atoms with van der Waals surface area (Å²) in [7, 11) is 0. The van der Waals surface area contributed by atoms with Gasteiger partial charge in [-0.15, -0.1) is 0 Å². The van der Waals surface area contributed by atoms with E-state index in [1.807, 2.05) is 13.8 Å². The number of carbonyl (C=O) groups excluding carboxylic acids is 1. The van der Waals surface area contributed by atoms with Crippen LogP contribution in [0.2, 0.25) is 0 Å². The molecule has 0 saturated carbocycles. The van der Waals surface area contributed by atoms with Crippen molar-refractivity contribution in [3.63, 3.8) is 0 Å². The van der Waals surface area contributed by atoms with Gasteiger partial charge in [-0.3, -0.25) is 4.79 Å². The summed E-state index contributed by atoms with van der Waals surface area (Å²) in [4.78, 5) is 12.5. The largest absolute Gasteiger partial charge is 0.462 e. The zero-order chi connectivity index (χ0) is 21.4. The highest BCUT2D eigenvalue weighted by atomic mass is 16.5. The molecule has 0 aromatic rings. The molecule has 5 nitrogen and oxygen atoms in total. The van der Waals surface area contributed by atoms with Gasteiger partial charge in [0.25, 0.3) is 0 Å². The molecular weight excluding hydrogens is 368 g/mol. The number of fused-ring (bicyclic) bond motifs is 2. The van der Waals surface area contributed by atoms with E-state index in [1.54, 1.807) is 0 Å². The van der Waals surface area contributed by atoms with Crippen molar-refractivity contribution in [2.75, 3.05) is 0 Å². The van der Waals surface area contributed by atoms with E-state index in [1.165, 1.54) is 0 Å². The summed E-state index contributed by atoms with van der Waals surface area (Å²) >= 11 is 0. The quantitative estimate of drug-likeness (QED) is 0.647. The van der Waals surface area contributed by atoms with Crippen LogP contribution in [-0.2, 0) is 14.3 Å². The fourth-order valence-electron chi connectivity index (χ4n) is 4.91. The Morgan fingerprint density at radius 2 is 1.66 bits per heavy atom. The number of hydrogen-bond acceptors (Lipinski definition) is 5. The standard InChI is InChI=1S/C24H44O5/c1-5-9-19-12-8-11-16(2)23(26)21(25)15-20-14-18(4)22(28-20)13-7-6-10-17(3)24(27)29-19/h16-23,25-26H,5-15H2,1-4H3/t16-,17+,18+,19-,20-,21?,22+,23?/m1/s1. The van der Waals surface area contributed by atoms with Crippen molar-refractivity contribution in [3.05, 3.63) is 0 Å². The van der Waals surface area contributed by atoms with Gasteiger partial charge in [-0.25, -0.2) is 0 Å². The number of esters is 1. The second-order valence-corrected chi connectivity index (χ2v) is 9.74. The zero-order valence-corrected chi connectivity index (χ0v) is 19.0. The maximum absolute atomic E-state index is 12.5. The van der Waals surface area contributed by atoms with Crippen molar-refractivity contribution in [3.8, 4) is 0 Å². The van der Waals surface area contributed by atoms with E-state index in [4.69, 9.17) is 9.47 Å². The second-order valence-electron chi connectivity index (χ2n) is 9.74. The van der Waals surface area contributed by atoms with Crippen molar-refractivity contribution < 1.29 is 24.5 Å². The van der Waals surface area contributed by atoms with Gasteiger partial charge in [0.1, 0.15) is 6.10 Å². The van der Waals surface area contributed by atoms with Gasteiger partial charge >= 0.3 is 5.97 Å². The molecule has 0 aromatic heterocycles. The molecule has 2 heterocycles. The van der Waals surface area contributed by atoms with Crippen LogP contribution in [0.1, 0.15) is 98.3 Å². The van der Waals surface area contributed by atoms with Gasteiger partial charge in [0, 0.05) is 6.42 Å². The van der Waals surface area contributed by atoms with Gasteiger partial charge in [-0.05, 0) is 56.8 Å². The van der Waals surface area contributed by atoms with E-state index in [2.05, 4.69) is 13.8 Å². The van der Waals surface area contributed by atoms with Crippen molar-refractivity contribution in [1.29, 1.82) is 0 Å². The average Bonchev–Trinajstić information content (AvgIpc) is 3.02. The predicted octanol–water partition coefficient (Wildman–Crippen LogP) is 4.62. The van der Waals surface area contributed by atoms with Gasteiger partial charge in [0.2, 0.25) is 0 Å². The van der Waals surface area contributed by atoms with Crippen LogP contribution < -0.4 is 0 Å². The third kappa shape index (κ3) is 7.84. The Balaban J connectivity index is 2.01. The highest BCUT2D eigenvalue weighted by Crippen LogP contribution is 2.33. The van der Waals surface area contributed by atoms with Gasteiger partial charge in [-0.1, -0.05) is 47.0 Å². The molecule has 2 aliphatic rings. The minimum Gasteiger partial charge on any atom is -0.462 e. The summed E-state index contributed by atoms with van der Waals surface area (Å²) in [6, 6.07) is 0. The van der Waals surface area contributed by atoms with Crippen molar-refractivity contribution in [1.82, 2.24) is 0 Å². The topological polar surface area (TPSA) is 76.0 Å². The van der Waals surface area contributed by atoms with Crippen molar-refractivity contribution >= 4 is 5.97 Å². The minimum atomic E-state index is -0.745. The molecule has 5 heteroatoms. The lowest BCUT2D eigenvalue weighted by Gasteiger charge is -2.27. The van der Waals surface area contributed by atoms with Crippen LogP contribution in [0.3, 0.4) is 0 Å². The van der Waals surface area contributed by atoms with Crippen LogP contribution in [-0.4, -0.2) is 46.7 Å². The number of hydrogen-bond donors (Lipinski definition) is 2. The van der Waals surface area contributed by atoms with E-state index in [0.29, 0.717) is 12.3 Å². The third-order valence-corrected chi connectivity index (χ3v) is 6.98. The fourth-order valence-corrected chi connectivity index (χ4v) is 4.91. The predicted molar refractivity (Wildman–Crippen MR) is 115 cm³/mol. The van der Waals surface area contributed by atoms with Gasteiger partial charge in [-0.2, -0.15) is 0 Å². The molecule has 8 atom stereocenters. The summed E-state index contributed by atoms with van der Waals surface area (Å²) in [5, 5.41) is 21.1. The second kappa shape index (κ2) is 12.3. The molecule has 2 fully saturated rings. The van der Waals surface area contributed by atoms with Crippen LogP contribution in [0.4, 0.5) is 0 Å². The molecule has 2 unspecified atom stereocenters. The third-order valence-electron chi connectivity index (χ3n) is 6.98. The molecule has 170 valence electrons. The number of aliphatic hydroxyl groups is 2. The van der Waals surface area contributed by atoms with Crippen LogP contribution in [0.25, 0.3) is 0 Å². The average molecular weight is 413 g/mol. The zero-order valence-electron chi connectivity index (χ0n) is 19.0. The van der Waals surface area contributed by atoms with Crippen LogP contribution >= 0.6 is 0 Å². The summed E-state index contributed by atoms with van der Waals surface area (Å²) in [5.74, 6) is 0.355. The lowest BCUT2D eigenvalue weighted by atomic mass is 9.90.